The molecule has 0 saturated carbocycles. The van der Waals surface area contributed by atoms with Crippen molar-refractivity contribution in [3.63, 3.8) is 0 Å². The largest absolute Gasteiger partial charge is 0.341 e. The molecule has 136 valence electrons. The molecule has 0 aliphatic rings. The van der Waals surface area contributed by atoms with Crippen molar-refractivity contribution in [2.45, 2.75) is 53.6 Å². The zero-order chi connectivity index (χ0) is 18.6. The lowest BCUT2D eigenvalue weighted by Crippen LogP contribution is -2.26. The van der Waals surface area contributed by atoms with E-state index in [0.717, 1.165) is 23.5 Å². The van der Waals surface area contributed by atoms with Gasteiger partial charge >= 0.3 is 0 Å². The monoisotopic (exact) mass is 345 g/mol. The number of aromatic nitrogens is 2. The zero-order valence-corrected chi connectivity index (χ0v) is 15.8. The Labute approximate surface area is 149 Å². The van der Waals surface area contributed by atoms with Crippen LogP contribution >= 0.6 is 0 Å². The summed E-state index contributed by atoms with van der Waals surface area (Å²) in [6, 6.07) is 6.26. The number of nitrogens with zero attached hydrogens (tertiary/aromatic N) is 3. The second-order valence-electron chi connectivity index (χ2n) is 7.10. The highest BCUT2D eigenvalue weighted by molar-refractivity contribution is 5.76. The van der Waals surface area contributed by atoms with E-state index in [1.54, 1.807) is 24.1 Å². The SMILES string of the molecule is Cc1nn(CC(C)C)c(C)c1CCC(=O)N(C)Cc1ccc(F)cc1. The minimum atomic E-state index is -0.262. The van der Waals surface area contributed by atoms with Crippen LogP contribution in [0.25, 0.3) is 0 Å². The van der Waals surface area contributed by atoms with Crippen molar-refractivity contribution < 1.29 is 9.18 Å². The first-order valence-corrected chi connectivity index (χ1v) is 8.79. The Morgan fingerprint density at radius 2 is 1.88 bits per heavy atom. The minimum absolute atomic E-state index is 0.0831. The molecule has 0 radical (unpaired) electrons. The smallest absolute Gasteiger partial charge is 0.222 e. The highest BCUT2D eigenvalue weighted by atomic mass is 19.1. The minimum Gasteiger partial charge on any atom is -0.341 e. The summed E-state index contributed by atoms with van der Waals surface area (Å²) in [6.07, 6.45) is 1.15. The predicted octanol–water partition coefficient (Wildman–Crippen LogP) is 3.89. The van der Waals surface area contributed by atoms with Crippen molar-refractivity contribution in [2.24, 2.45) is 5.92 Å². The van der Waals surface area contributed by atoms with E-state index in [0.29, 0.717) is 25.3 Å². The van der Waals surface area contributed by atoms with Crippen LogP contribution in [-0.4, -0.2) is 27.6 Å². The normalized spacial score (nSPS) is 11.2. The molecule has 0 unspecified atom stereocenters. The fraction of sp³-hybridized carbons (Fsp3) is 0.500. The van der Waals surface area contributed by atoms with E-state index >= 15 is 0 Å². The standard InChI is InChI=1S/C20H28FN3O/c1-14(2)12-24-16(4)19(15(3)22-24)10-11-20(25)23(5)13-17-6-8-18(21)9-7-17/h6-9,14H,10-13H2,1-5H3. The lowest BCUT2D eigenvalue weighted by molar-refractivity contribution is -0.130. The highest BCUT2D eigenvalue weighted by Crippen LogP contribution is 2.17. The molecule has 1 heterocycles. The molecule has 0 aliphatic heterocycles. The van der Waals surface area contributed by atoms with Gasteiger partial charge in [0, 0.05) is 32.3 Å². The number of halogens is 1. The van der Waals surface area contributed by atoms with Crippen molar-refractivity contribution in [3.8, 4) is 0 Å². The molecule has 1 aromatic heterocycles. The second kappa shape index (κ2) is 8.28. The fourth-order valence-electron chi connectivity index (χ4n) is 2.99. The molecule has 0 aliphatic carbocycles. The van der Waals surface area contributed by atoms with Gasteiger partial charge < -0.3 is 4.90 Å². The van der Waals surface area contributed by atoms with Crippen molar-refractivity contribution in [1.82, 2.24) is 14.7 Å². The fourth-order valence-corrected chi connectivity index (χ4v) is 2.99. The molecule has 4 nitrogen and oxygen atoms in total. The van der Waals surface area contributed by atoms with Gasteiger partial charge in [-0.15, -0.1) is 0 Å². The number of hydrogen-bond acceptors (Lipinski definition) is 2. The Kier molecular flexibility index (Phi) is 6.34. The van der Waals surface area contributed by atoms with Gasteiger partial charge in [-0.2, -0.15) is 5.10 Å². The predicted molar refractivity (Wildman–Crippen MR) is 97.7 cm³/mol. The lowest BCUT2D eigenvalue weighted by atomic mass is 10.1. The molecular formula is C20H28FN3O. The van der Waals surface area contributed by atoms with Crippen molar-refractivity contribution in [1.29, 1.82) is 0 Å². The average Bonchev–Trinajstić information content (AvgIpc) is 2.80. The van der Waals surface area contributed by atoms with Gasteiger partial charge in [-0.25, -0.2) is 4.39 Å². The van der Waals surface area contributed by atoms with Crippen LogP contribution in [0, 0.1) is 25.6 Å². The number of amides is 1. The maximum absolute atomic E-state index is 13.0. The van der Waals surface area contributed by atoms with Gasteiger partial charge in [-0.3, -0.25) is 9.48 Å². The third-order valence-corrected chi connectivity index (χ3v) is 4.42. The van der Waals surface area contributed by atoms with Gasteiger partial charge in [0.15, 0.2) is 0 Å². The van der Waals surface area contributed by atoms with E-state index in [1.165, 1.54) is 17.7 Å². The number of benzene rings is 1. The molecule has 1 aromatic carbocycles. The van der Waals surface area contributed by atoms with E-state index in [1.807, 2.05) is 11.6 Å². The maximum Gasteiger partial charge on any atom is 0.222 e. The summed E-state index contributed by atoms with van der Waals surface area (Å²) in [4.78, 5) is 14.1. The molecule has 0 atom stereocenters. The third-order valence-electron chi connectivity index (χ3n) is 4.42. The van der Waals surface area contributed by atoms with Crippen LogP contribution in [0.1, 0.15) is 42.8 Å². The van der Waals surface area contributed by atoms with E-state index in [2.05, 4.69) is 25.9 Å². The topological polar surface area (TPSA) is 38.1 Å². The maximum atomic E-state index is 13.0. The quantitative estimate of drug-likeness (QED) is 0.764. The molecule has 2 rings (SSSR count). The van der Waals surface area contributed by atoms with Crippen LogP contribution in [0.2, 0.25) is 0 Å². The average molecular weight is 345 g/mol. The Morgan fingerprint density at radius 3 is 2.48 bits per heavy atom. The van der Waals surface area contributed by atoms with Crippen LogP contribution in [0.4, 0.5) is 4.39 Å². The lowest BCUT2D eigenvalue weighted by Gasteiger charge is -2.17. The Hall–Kier alpha value is -2.17. The van der Waals surface area contributed by atoms with Crippen molar-refractivity contribution in [3.05, 3.63) is 52.6 Å². The number of rotatable bonds is 7. The van der Waals surface area contributed by atoms with Crippen LogP contribution in [0.3, 0.4) is 0 Å². The van der Waals surface area contributed by atoms with E-state index in [9.17, 15) is 9.18 Å². The van der Waals surface area contributed by atoms with Crippen LogP contribution in [0.15, 0.2) is 24.3 Å². The Balaban J connectivity index is 1.95. The molecule has 2 aromatic rings. The van der Waals surface area contributed by atoms with Crippen molar-refractivity contribution >= 4 is 5.91 Å². The molecule has 25 heavy (non-hydrogen) atoms. The van der Waals surface area contributed by atoms with Gasteiger partial charge in [0.1, 0.15) is 5.82 Å². The summed E-state index contributed by atoms with van der Waals surface area (Å²) in [5, 5.41) is 4.61. The second-order valence-corrected chi connectivity index (χ2v) is 7.10. The van der Waals surface area contributed by atoms with Crippen LogP contribution in [-0.2, 0) is 24.3 Å². The Morgan fingerprint density at radius 1 is 1.24 bits per heavy atom. The highest BCUT2D eigenvalue weighted by Gasteiger charge is 2.15. The number of hydrogen-bond donors (Lipinski definition) is 0. The summed E-state index contributed by atoms with van der Waals surface area (Å²) in [6.45, 7) is 9.80. The Bertz CT molecular complexity index is 719. The summed E-state index contributed by atoms with van der Waals surface area (Å²) in [7, 11) is 1.79. The first-order chi connectivity index (χ1) is 11.8. The summed E-state index contributed by atoms with van der Waals surface area (Å²) in [5.41, 5.74) is 4.26. The van der Waals surface area contributed by atoms with Gasteiger partial charge in [-0.05, 0) is 49.4 Å². The van der Waals surface area contributed by atoms with Gasteiger partial charge in [-0.1, -0.05) is 26.0 Å². The third kappa shape index (κ3) is 5.15. The molecule has 0 N–H and O–H groups in total. The molecule has 0 saturated heterocycles. The van der Waals surface area contributed by atoms with Gasteiger partial charge in [0.05, 0.1) is 5.69 Å². The first-order valence-electron chi connectivity index (χ1n) is 8.79. The summed E-state index contributed by atoms with van der Waals surface area (Å²) >= 11 is 0. The van der Waals surface area contributed by atoms with Crippen molar-refractivity contribution in [2.75, 3.05) is 7.05 Å². The number of aryl methyl sites for hydroxylation is 1. The van der Waals surface area contributed by atoms with E-state index < -0.39 is 0 Å². The van der Waals surface area contributed by atoms with E-state index in [4.69, 9.17) is 0 Å². The van der Waals surface area contributed by atoms with Gasteiger partial charge in [0.2, 0.25) is 5.91 Å². The summed E-state index contributed by atoms with van der Waals surface area (Å²) in [5.74, 6) is 0.358. The molecule has 5 heteroatoms. The molecule has 0 fully saturated rings. The summed E-state index contributed by atoms with van der Waals surface area (Å²) < 4.78 is 15.0. The number of carbonyl (C=O) groups is 1. The number of carbonyl (C=O) groups excluding carboxylic acids is 1. The van der Waals surface area contributed by atoms with Crippen LogP contribution < -0.4 is 0 Å². The molecule has 0 spiro atoms. The van der Waals surface area contributed by atoms with Gasteiger partial charge in [0.25, 0.3) is 0 Å². The molecule has 1 amide bonds. The molecular weight excluding hydrogens is 317 g/mol. The van der Waals surface area contributed by atoms with Crippen LogP contribution in [0.5, 0.6) is 0 Å². The first kappa shape index (κ1) is 19.2. The zero-order valence-electron chi connectivity index (χ0n) is 15.8. The van der Waals surface area contributed by atoms with E-state index in [-0.39, 0.29) is 11.7 Å². The molecule has 0 bridgehead atoms.